The van der Waals surface area contributed by atoms with E-state index in [2.05, 4.69) is 0 Å². The third kappa shape index (κ3) is 2.64. The molecule has 5 rings (SSSR count). The molecule has 1 aromatic heterocycles. The second-order valence-corrected chi connectivity index (χ2v) is 6.78. The van der Waals surface area contributed by atoms with Gasteiger partial charge in [-0.3, -0.25) is 14.5 Å². The molecule has 0 radical (unpaired) electrons. The smallest absolute Gasteiger partial charge is 0.295 e. The van der Waals surface area contributed by atoms with Gasteiger partial charge in [-0.05, 0) is 48.0 Å². The first kappa shape index (κ1) is 17.3. The molecule has 0 saturated carbocycles. The minimum atomic E-state index is -0.770. The number of rotatable bonds is 2. The number of amides is 1. The lowest BCUT2D eigenvalue weighted by atomic mass is 9.98. The number of halogens is 2. The number of hydrogen-bond donors (Lipinski definition) is 0. The van der Waals surface area contributed by atoms with Gasteiger partial charge in [0.05, 0.1) is 17.0 Å². The van der Waals surface area contributed by atoms with Gasteiger partial charge >= 0.3 is 0 Å². The predicted octanol–water partition coefficient (Wildman–Crippen LogP) is 4.82. The van der Waals surface area contributed by atoms with Gasteiger partial charge in [0.1, 0.15) is 17.2 Å². The second kappa shape index (κ2) is 6.38. The number of anilines is 1. The topological polar surface area (TPSA) is 50.5 Å². The van der Waals surface area contributed by atoms with Crippen LogP contribution in [0.2, 0.25) is 0 Å². The molecule has 0 spiro atoms. The Balaban J connectivity index is 1.82. The average Bonchev–Trinajstić information content (AvgIpc) is 3.03. The van der Waals surface area contributed by atoms with E-state index in [-0.39, 0.29) is 22.3 Å². The molecule has 4 aromatic rings. The van der Waals surface area contributed by atoms with E-state index < -0.39 is 29.0 Å². The van der Waals surface area contributed by atoms with Crippen LogP contribution < -0.4 is 10.3 Å². The number of benzene rings is 3. The summed E-state index contributed by atoms with van der Waals surface area (Å²) in [4.78, 5) is 27.9. The maximum absolute atomic E-state index is 13.8. The van der Waals surface area contributed by atoms with Crippen molar-refractivity contribution in [2.24, 2.45) is 0 Å². The molecule has 0 aliphatic carbocycles. The van der Waals surface area contributed by atoms with Gasteiger partial charge in [0.25, 0.3) is 5.91 Å². The molecule has 142 valence electrons. The Morgan fingerprint density at radius 2 is 1.52 bits per heavy atom. The molecule has 6 heteroatoms. The molecule has 4 nitrogen and oxygen atoms in total. The number of nitrogens with zero attached hydrogens (tertiary/aromatic N) is 1. The van der Waals surface area contributed by atoms with E-state index in [9.17, 15) is 18.4 Å². The largest absolute Gasteiger partial charge is 0.450 e. The monoisotopic (exact) mass is 389 g/mol. The van der Waals surface area contributed by atoms with Gasteiger partial charge in [-0.25, -0.2) is 8.78 Å². The van der Waals surface area contributed by atoms with Gasteiger partial charge in [-0.15, -0.1) is 0 Å². The number of carbonyl (C=O) groups is 1. The molecule has 0 saturated heterocycles. The lowest BCUT2D eigenvalue weighted by Gasteiger charge is -2.25. The minimum Gasteiger partial charge on any atom is -0.450 e. The van der Waals surface area contributed by atoms with Crippen molar-refractivity contribution in [3.8, 4) is 0 Å². The quantitative estimate of drug-likeness (QED) is 0.494. The summed E-state index contributed by atoms with van der Waals surface area (Å²) >= 11 is 0. The summed E-state index contributed by atoms with van der Waals surface area (Å²) in [6.45, 7) is 0. The zero-order valence-electron chi connectivity index (χ0n) is 14.9. The van der Waals surface area contributed by atoms with Gasteiger partial charge in [-0.1, -0.05) is 30.3 Å². The maximum atomic E-state index is 13.8. The Bertz CT molecular complexity index is 1310. The fourth-order valence-corrected chi connectivity index (χ4v) is 3.76. The standard InChI is InChI=1S/C23H13F2NO3/c24-14-6-9-16(10-7-14)26-20(13-4-2-1-3-5-13)19-21(27)17-12-15(25)8-11-18(17)29-22(19)23(26)28/h1-12,20H. The SMILES string of the molecule is O=C1c2oc3ccc(F)cc3c(=O)c2C(c2ccccc2)N1c1ccc(F)cc1. The van der Waals surface area contributed by atoms with Crippen LogP contribution in [0.25, 0.3) is 11.0 Å². The van der Waals surface area contributed by atoms with Gasteiger partial charge < -0.3 is 4.42 Å². The molecule has 1 aliphatic rings. The Kier molecular flexibility index (Phi) is 3.81. The van der Waals surface area contributed by atoms with Crippen molar-refractivity contribution in [3.05, 3.63) is 112 Å². The first-order valence-corrected chi connectivity index (χ1v) is 8.95. The normalized spacial score (nSPS) is 15.7. The number of carbonyl (C=O) groups excluding carboxylic acids is 1. The van der Waals surface area contributed by atoms with Crippen molar-refractivity contribution in [3.63, 3.8) is 0 Å². The molecule has 2 heterocycles. The van der Waals surface area contributed by atoms with Crippen LogP contribution in [0.15, 0.2) is 82.0 Å². The highest BCUT2D eigenvalue weighted by atomic mass is 19.1. The van der Waals surface area contributed by atoms with Gasteiger partial charge in [0.15, 0.2) is 5.43 Å². The maximum Gasteiger partial charge on any atom is 0.295 e. The summed E-state index contributed by atoms with van der Waals surface area (Å²) in [6.07, 6.45) is 0. The van der Waals surface area contributed by atoms with Crippen molar-refractivity contribution in [1.82, 2.24) is 0 Å². The average molecular weight is 389 g/mol. The van der Waals surface area contributed by atoms with Crippen LogP contribution in [0.3, 0.4) is 0 Å². The molecule has 0 N–H and O–H groups in total. The van der Waals surface area contributed by atoms with E-state index in [1.807, 2.05) is 6.07 Å². The lowest BCUT2D eigenvalue weighted by Crippen LogP contribution is -2.29. The Morgan fingerprint density at radius 3 is 2.24 bits per heavy atom. The van der Waals surface area contributed by atoms with E-state index in [4.69, 9.17) is 4.42 Å². The van der Waals surface area contributed by atoms with Crippen LogP contribution in [-0.2, 0) is 0 Å². The second-order valence-electron chi connectivity index (χ2n) is 6.78. The summed E-state index contributed by atoms with van der Waals surface area (Å²) < 4.78 is 32.9. The number of fused-ring (bicyclic) bond motifs is 2. The molecule has 1 aliphatic heterocycles. The Hall–Kier alpha value is -3.80. The first-order valence-electron chi connectivity index (χ1n) is 8.95. The van der Waals surface area contributed by atoms with Crippen molar-refractivity contribution < 1.29 is 18.0 Å². The van der Waals surface area contributed by atoms with Crippen LogP contribution in [0.1, 0.15) is 27.7 Å². The zero-order chi connectivity index (χ0) is 20.1. The summed E-state index contributed by atoms with van der Waals surface area (Å²) in [7, 11) is 0. The third-order valence-electron chi connectivity index (χ3n) is 5.05. The fraction of sp³-hybridized carbons (Fsp3) is 0.0435. The lowest BCUT2D eigenvalue weighted by molar-refractivity contribution is 0.0971. The Labute approximate surface area is 163 Å². The highest BCUT2D eigenvalue weighted by molar-refractivity contribution is 6.10. The molecule has 1 unspecified atom stereocenters. The summed E-state index contributed by atoms with van der Waals surface area (Å²) in [5, 5.41) is 0.0680. The van der Waals surface area contributed by atoms with Gasteiger partial charge in [0, 0.05) is 5.69 Å². The molecule has 1 atom stereocenters. The molecule has 29 heavy (non-hydrogen) atoms. The molecular formula is C23H13F2NO3. The summed E-state index contributed by atoms with van der Waals surface area (Å²) in [6, 6.07) is 17.3. The Morgan fingerprint density at radius 1 is 0.828 bits per heavy atom. The van der Waals surface area contributed by atoms with Crippen LogP contribution in [0.4, 0.5) is 14.5 Å². The van der Waals surface area contributed by atoms with Crippen molar-refractivity contribution in [2.45, 2.75) is 6.04 Å². The predicted molar refractivity (Wildman–Crippen MR) is 104 cm³/mol. The highest BCUT2D eigenvalue weighted by Crippen LogP contribution is 2.41. The van der Waals surface area contributed by atoms with Crippen molar-refractivity contribution in [2.75, 3.05) is 4.90 Å². The summed E-state index contributed by atoms with van der Waals surface area (Å²) in [5.41, 5.74) is 0.922. The van der Waals surface area contributed by atoms with E-state index in [1.54, 1.807) is 24.3 Å². The van der Waals surface area contributed by atoms with E-state index >= 15 is 0 Å². The third-order valence-corrected chi connectivity index (χ3v) is 5.05. The van der Waals surface area contributed by atoms with Crippen molar-refractivity contribution >= 4 is 22.6 Å². The first-order chi connectivity index (χ1) is 14.0. The van der Waals surface area contributed by atoms with Crippen LogP contribution in [0, 0.1) is 11.6 Å². The van der Waals surface area contributed by atoms with Gasteiger partial charge in [0.2, 0.25) is 5.76 Å². The van der Waals surface area contributed by atoms with E-state index in [0.717, 1.165) is 6.07 Å². The van der Waals surface area contributed by atoms with Crippen LogP contribution in [0.5, 0.6) is 0 Å². The van der Waals surface area contributed by atoms with E-state index in [0.29, 0.717) is 11.3 Å². The molecule has 0 bridgehead atoms. The minimum absolute atomic E-state index is 0.0680. The van der Waals surface area contributed by atoms with E-state index in [1.165, 1.54) is 41.3 Å². The van der Waals surface area contributed by atoms with Crippen molar-refractivity contribution in [1.29, 1.82) is 0 Å². The molecule has 0 fully saturated rings. The molecular weight excluding hydrogens is 376 g/mol. The highest BCUT2D eigenvalue weighted by Gasteiger charge is 2.43. The summed E-state index contributed by atoms with van der Waals surface area (Å²) in [5.74, 6) is -1.61. The molecule has 3 aromatic carbocycles. The zero-order valence-corrected chi connectivity index (χ0v) is 14.9. The fourth-order valence-electron chi connectivity index (χ4n) is 3.76. The number of hydrogen-bond acceptors (Lipinski definition) is 3. The van der Waals surface area contributed by atoms with Crippen LogP contribution >= 0.6 is 0 Å². The van der Waals surface area contributed by atoms with Crippen LogP contribution in [-0.4, -0.2) is 5.91 Å². The van der Waals surface area contributed by atoms with Gasteiger partial charge in [-0.2, -0.15) is 0 Å². The molecule has 1 amide bonds.